The first kappa shape index (κ1) is 13.6. The van der Waals surface area contributed by atoms with Gasteiger partial charge in [0.15, 0.2) is 0 Å². The number of hydrogen-bond donors (Lipinski definition) is 0. The van der Waals surface area contributed by atoms with Gasteiger partial charge in [0.25, 0.3) is 0 Å². The van der Waals surface area contributed by atoms with Crippen LogP contribution in [0.5, 0.6) is 0 Å². The van der Waals surface area contributed by atoms with Crippen molar-refractivity contribution in [2.24, 2.45) is 0 Å². The van der Waals surface area contributed by atoms with Crippen LogP contribution >= 0.6 is 7.92 Å². The topological polar surface area (TPSA) is 0 Å². The third-order valence-electron chi connectivity index (χ3n) is 5.13. The summed E-state index contributed by atoms with van der Waals surface area (Å²) < 4.78 is 0. The summed E-state index contributed by atoms with van der Waals surface area (Å²) in [6, 6.07) is 6.94. The minimum Gasteiger partial charge on any atom is -0.0684 e. The van der Waals surface area contributed by atoms with Crippen LogP contribution in [0.2, 0.25) is 0 Å². The van der Waals surface area contributed by atoms with Crippen molar-refractivity contribution in [3.8, 4) is 0 Å². The van der Waals surface area contributed by atoms with Gasteiger partial charge in [-0.15, -0.1) is 0 Å². The van der Waals surface area contributed by atoms with Crippen molar-refractivity contribution in [3.05, 3.63) is 29.3 Å². The Bertz CT molecular complexity index is 389. The summed E-state index contributed by atoms with van der Waals surface area (Å²) in [5, 5.41) is 1.79. The molecule has 2 saturated carbocycles. The molecule has 2 aliphatic carbocycles. The first-order valence-corrected chi connectivity index (χ1v) is 9.60. The Kier molecular flexibility index (Phi) is 4.27. The molecular formula is C18H27P. The monoisotopic (exact) mass is 274 g/mol. The maximum atomic E-state index is 2.35. The van der Waals surface area contributed by atoms with Gasteiger partial charge < -0.3 is 0 Å². The molecule has 0 aliphatic heterocycles. The Balaban J connectivity index is 1.97. The van der Waals surface area contributed by atoms with Crippen LogP contribution in [-0.2, 0) is 0 Å². The summed E-state index contributed by atoms with van der Waals surface area (Å²) >= 11 is 0. The fraction of sp³-hybridized carbons (Fsp3) is 0.667. The fourth-order valence-corrected chi connectivity index (χ4v) is 8.37. The van der Waals surface area contributed by atoms with E-state index >= 15 is 0 Å². The average Bonchev–Trinajstić information content (AvgIpc) is 3.07. The molecule has 19 heavy (non-hydrogen) atoms. The average molecular weight is 274 g/mol. The Morgan fingerprint density at radius 3 is 1.63 bits per heavy atom. The number of rotatable bonds is 3. The van der Waals surface area contributed by atoms with E-state index in [0.29, 0.717) is 0 Å². The molecule has 0 saturated heterocycles. The molecule has 0 nitrogen and oxygen atoms in total. The zero-order valence-electron chi connectivity index (χ0n) is 12.5. The van der Waals surface area contributed by atoms with E-state index in [4.69, 9.17) is 0 Å². The van der Waals surface area contributed by atoms with Gasteiger partial charge in [-0.1, -0.05) is 51.8 Å². The van der Waals surface area contributed by atoms with E-state index in [9.17, 15) is 0 Å². The molecular weight excluding hydrogens is 247 g/mol. The molecule has 0 amide bonds. The van der Waals surface area contributed by atoms with Crippen LogP contribution < -0.4 is 5.30 Å². The molecule has 1 heteroatoms. The van der Waals surface area contributed by atoms with E-state index in [0.717, 1.165) is 11.3 Å². The third kappa shape index (κ3) is 2.75. The van der Waals surface area contributed by atoms with Gasteiger partial charge in [0, 0.05) is 0 Å². The number of hydrogen-bond acceptors (Lipinski definition) is 0. The Morgan fingerprint density at radius 1 is 0.789 bits per heavy atom. The van der Waals surface area contributed by atoms with Gasteiger partial charge in [-0.05, 0) is 67.3 Å². The van der Waals surface area contributed by atoms with Crippen LogP contribution in [0.25, 0.3) is 0 Å². The molecule has 0 bridgehead atoms. The van der Waals surface area contributed by atoms with Gasteiger partial charge in [0.2, 0.25) is 0 Å². The lowest BCUT2D eigenvalue weighted by Crippen LogP contribution is -2.23. The molecule has 0 heterocycles. The largest absolute Gasteiger partial charge is 0.0684 e. The van der Waals surface area contributed by atoms with Crippen molar-refractivity contribution in [1.29, 1.82) is 0 Å². The lowest BCUT2D eigenvalue weighted by molar-refractivity contribution is 0.835. The lowest BCUT2D eigenvalue weighted by Gasteiger charge is -2.33. The summed E-state index contributed by atoms with van der Waals surface area (Å²) in [6.45, 7) is 4.70. The quantitative estimate of drug-likeness (QED) is 0.656. The molecule has 2 fully saturated rings. The van der Waals surface area contributed by atoms with Gasteiger partial charge >= 0.3 is 0 Å². The van der Waals surface area contributed by atoms with Gasteiger partial charge in [0.05, 0.1) is 0 Å². The van der Waals surface area contributed by atoms with E-state index in [1.54, 1.807) is 16.4 Å². The smallest absolute Gasteiger partial charge is 0.0166 e. The first-order valence-electron chi connectivity index (χ1n) is 8.12. The van der Waals surface area contributed by atoms with Gasteiger partial charge in [-0.25, -0.2) is 0 Å². The molecule has 0 atom stereocenters. The number of benzene rings is 1. The van der Waals surface area contributed by atoms with Gasteiger partial charge in [-0.3, -0.25) is 0 Å². The van der Waals surface area contributed by atoms with Crippen LogP contribution in [0.4, 0.5) is 0 Å². The molecule has 0 unspecified atom stereocenters. The lowest BCUT2D eigenvalue weighted by atomic mass is 10.2. The Hall–Kier alpha value is -0.350. The summed E-state index contributed by atoms with van der Waals surface area (Å²) in [4.78, 5) is 0. The molecule has 0 spiro atoms. The highest BCUT2D eigenvalue weighted by molar-refractivity contribution is 7.67. The van der Waals surface area contributed by atoms with Crippen molar-refractivity contribution in [3.63, 3.8) is 0 Å². The highest BCUT2D eigenvalue weighted by Crippen LogP contribution is 2.57. The van der Waals surface area contributed by atoms with Gasteiger partial charge in [0.1, 0.15) is 0 Å². The summed E-state index contributed by atoms with van der Waals surface area (Å²) in [7, 11) is 0.100. The SMILES string of the molecule is Cc1cccc(C)c1P(C1CCCC1)C1CCCC1. The predicted molar refractivity (Wildman–Crippen MR) is 87.0 cm³/mol. The normalized spacial score (nSPS) is 21.6. The van der Waals surface area contributed by atoms with Crippen molar-refractivity contribution in [2.75, 3.05) is 0 Å². The predicted octanol–water partition coefficient (Wildman–Crippen LogP) is 5.30. The maximum Gasteiger partial charge on any atom is -0.0166 e. The fourth-order valence-electron chi connectivity index (χ4n) is 4.24. The molecule has 104 valence electrons. The van der Waals surface area contributed by atoms with Crippen LogP contribution in [0.3, 0.4) is 0 Å². The molecule has 1 aromatic carbocycles. The van der Waals surface area contributed by atoms with E-state index in [-0.39, 0.29) is 7.92 Å². The second kappa shape index (κ2) is 5.96. The van der Waals surface area contributed by atoms with Crippen molar-refractivity contribution in [2.45, 2.75) is 76.5 Å². The van der Waals surface area contributed by atoms with Crippen LogP contribution in [0, 0.1) is 13.8 Å². The second-order valence-electron chi connectivity index (χ2n) is 6.52. The van der Waals surface area contributed by atoms with E-state index in [1.165, 1.54) is 51.4 Å². The summed E-state index contributed by atoms with van der Waals surface area (Å²) in [6.07, 6.45) is 12.0. The summed E-state index contributed by atoms with van der Waals surface area (Å²) in [5.41, 5.74) is 5.23. The maximum absolute atomic E-state index is 2.35. The van der Waals surface area contributed by atoms with Crippen LogP contribution in [-0.4, -0.2) is 11.3 Å². The zero-order valence-corrected chi connectivity index (χ0v) is 13.4. The van der Waals surface area contributed by atoms with Gasteiger partial charge in [-0.2, -0.15) is 0 Å². The van der Waals surface area contributed by atoms with E-state index in [2.05, 4.69) is 32.0 Å². The van der Waals surface area contributed by atoms with Crippen LogP contribution in [0.15, 0.2) is 18.2 Å². The van der Waals surface area contributed by atoms with Crippen molar-refractivity contribution < 1.29 is 0 Å². The standard InChI is InChI=1S/C18H27P/c1-14-8-7-9-15(2)18(14)19(16-10-3-4-11-16)17-12-5-6-13-17/h7-9,16-17H,3-6,10-13H2,1-2H3. The summed E-state index contributed by atoms with van der Waals surface area (Å²) in [5.74, 6) is 0. The molecule has 3 rings (SSSR count). The minimum absolute atomic E-state index is 0.100. The van der Waals surface area contributed by atoms with E-state index in [1.807, 2.05) is 0 Å². The number of aryl methyl sites for hydroxylation is 2. The first-order chi connectivity index (χ1) is 9.27. The highest BCUT2D eigenvalue weighted by Gasteiger charge is 2.35. The Labute approximate surface area is 119 Å². The minimum atomic E-state index is 0.100. The molecule has 2 aliphatic rings. The molecule has 1 aromatic rings. The van der Waals surface area contributed by atoms with E-state index < -0.39 is 0 Å². The molecule has 0 radical (unpaired) electrons. The van der Waals surface area contributed by atoms with Crippen LogP contribution in [0.1, 0.15) is 62.5 Å². The zero-order chi connectivity index (χ0) is 13.2. The van der Waals surface area contributed by atoms with Crippen molar-refractivity contribution >= 4 is 13.2 Å². The second-order valence-corrected chi connectivity index (χ2v) is 9.25. The van der Waals surface area contributed by atoms with Crippen molar-refractivity contribution in [1.82, 2.24) is 0 Å². The Morgan fingerprint density at radius 2 is 1.21 bits per heavy atom. The highest BCUT2D eigenvalue weighted by atomic mass is 31.1. The third-order valence-corrected chi connectivity index (χ3v) is 8.96. The molecule has 0 aromatic heterocycles. The molecule has 0 N–H and O–H groups in total.